The Morgan fingerprint density at radius 3 is 2.40 bits per heavy atom. The summed E-state index contributed by atoms with van der Waals surface area (Å²) in [5.74, 6) is 0.346. The quantitative estimate of drug-likeness (QED) is 0.453. The van der Waals surface area contributed by atoms with E-state index >= 15 is 0 Å². The van der Waals surface area contributed by atoms with Crippen LogP contribution in [0.15, 0.2) is 23.2 Å². The lowest BCUT2D eigenvalue weighted by molar-refractivity contribution is 0.913. The maximum atomic E-state index is 5.96. The predicted octanol–water partition coefficient (Wildman–Crippen LogP) is 2.57. The smallest absolute Gasteiger partial charge is 0.200 e. The Morgan fingerprint density at radius 1 is 1.30 bits per heavy atom. The van der Waals surface area contributed by atoms with Gasteiger partial charge in [0.25, 0.3) is 0 Å². The first kappa shape index (κ1) is 14.8. The molecule has 2 rings (SSSR count). The molecule has 0 bridgehead atoms. The van der Waals surface area contributed by atoms with Crippen LogP contribution in [0.3, 0.4) is 0 Å². The molecule has 20 heavy (non-hydrogen) atoms. The molecule has 0 aliphatic heterocycles. The second-order valence-corrected chi connectivity index (χ2v) is 5.39. The maximum Gasteiger partial charge on any atom is 0.200 e. The van der Waals surface area contributed by atoms with E-state index in [4.69, 9.17) is 18.0 Å². The molecule has 0 amide bonds. The average molecular weight is 290 g/mol. The molecule has 1 aromatic carbocycles. The number of anilines is 1. The van der Waals surface area contributed by atoms with E-state index in [9.17, 15) is 0 Å². The molecule has 0 radical (unpaired) electrons. The van der Waals surface area contributed by atoms with E-state index in [1.165, 1.54) is 24.0 Å². The van der Waals surface area contributed by atoms with Crippen molar-refractivity contribution < 1.29 is 0 Å². The third kappa shape index (κ3) is 3.93. The van der Waals surface area contributed by atoms with Crippen LogP contribution < -0.4 is 16.4 Å². The summed E-state index contributed by atoms with van der Waals surface area (Å²) in [6, 6.07) is 6.79. The maximum absolute atomic E-state index is 5.96. The van der Waals surface area contributed by atoms with Gasteiger partial charge >= 0.3 is 0 Å². The van der Waals surface area contributed by atoms with Crippen LogP contribution in [0.1, 0.15) is 37.8 Å². The fraction of sp³-hybridized carbons (Fsp3) is 0.467. The molecule has 4 N–H and O–H groups in total. The van der Waals surface area contributed by atoms with Gasteiger partial charge in [-0.2, -0.15) is 4.99 Å². The molecule has 1 fully saturated rings. The Hall–Kier alpha value is -1.62. The van der Waals surface area contributed by atoms with Crippen LogP contribution in [-0.4, -0.2) is 17.1 Å². The molecule has 4 nitrogen and oxygen atoms in total. The highest BCUT2D eigenvalue weighted by Crippen LogP contribution is 2.22. The normalized spacial score (nSPS) is 15.0. The van der Waals surface area contributed by atoms with Gasteiger partial charge in [0.2, 0.25) is 5.96 Å². The number of guanidine groups is 1. The zero-order valence-corrected chi connectivity index (χ0v) is 12.9. The van der Waals surface area contributed by atoms with Crippen molar-refractivity contribution in [3.05, 3.63) is 29.3 Å². The summed E-state index contributed by atoms with van der Waals surface area (Å²) in [5, 5.41) is 6.82. The van der Waals surface area contributed by atoms with Gasteiger partial charge in [-0.3, -0.25) is 0 Å². The number of nitrogens with one attached hydrogen (secondary N) is 2. The van der Waals surface area contributed by atoms with Crippen molar-refractivity contribution in [3.8, 4) is 0 Å². The fourth-order valence-corrected chi connectivity index (χ4v) is 2.37. The van der Waals surface area contributed by atoms with Crippen molar-refractivity contribution in [3.63, 3.8) is 0 Å². The van der Waals surface area contributed by atoms with E-state index in [-0.39, 0.29) is 0 Å². The number of para-hydroxylation sites is 1. The minimum atomic E-state index is 0.346. The standard InChI is InChI=1S/C15H22N4S/c1-3-10-6-5-7-11(4-2)13(10)18-14(16)19-15(20)17-12-8-9-12/h5-7,12H,3-4,8-9H2,1-2H3,(H4,16,17,18,19,20). The number of nitrogens with zero attached hydrogens (tertiary/aromatic N) is 1. The van der Waals surface area contributed by atoms with Gasteiger partial charge < -0.3 is 16.4 Å². The predicted molar refractivity (Wildman–Crippen MR) is 89.2 cm³/mol. The first-order valence-corrected chi connectivity index (χ1v) is 7.57. The Balaban J connectivity index is 2.11. The van der Waals surface area contributed by atoms with Crippen molar-refractivity contribution in [1.29, 1.82) is 0 Å². The fourth-order valence-electron chi connectivity index (χ4n) is 2.10. The van der Waals surface area contributed by atoms with Gasteiger partial charge in [-0.05, 0) is 49.0 Å². The van der Waals surface area contributed by atoms with E-state index in [2.05, 4.69) is 47.7 Å². The second kappa shape index (κ2) is 6.70. The SMILES string of the molecule is CCc1cccc(CC)c1N/C(N)=N/C(=S)NC1CC1. The summed E-state index contributed by atoms with van der Waals surface area (Å²) >= 11 is 5.17. The van der Waals surface area contributed by atoms with E-state index in [1.54, 1.807) is 0 Å². The van der Waals surface area contributed by atoms with Crippen LogP contribution in [0.5, 0.6) is 0 Å². The van der Waals surface area contributed by atoms with Crippen molar-refractivity contribution >= 4 is 29.0 Å². The minimum absolute atomic E-state index is 0.346. The van der Waals surface area contributed by atoms with Crippen LogP contribution in [-0.2, 0) is 12.8 Å². The van der Waals surface area contributed by atoms with Crippen molar-refractivity contribution in [1.82, 2.24) is 5.32 Å². The lowest BCUT2D eigenvalue weighted by atomic mass is 10.0. The molecule has 1 aliphatic rings. The van der Waals surface area contributed by atoms with E-state index in [0.717, 1.165) is 18.5 Å². The van der Waals surface area contributed by atoms with Gasteiger partial charge in [-0.1, -0.05) is 32.0 Å². The Morgan fingerprint density at radius 2 is 1.90 bits per heavy atom. The lowest BCUT2D eigenvalue weighted by Gasteiger charge is -2.15. The first-order chi connectivity index (χ1) is 9.63. The highest BCUT2D eigenvalue weighted by atomic mass is 32.1. The summed E-state index contributed by atoms with van der Waals surface area (Å²) in [5.41, 5.74) is 9.50. The molecular formula is C15H22N4S. The van der Waals surface area contributed by atoms with Crippen molar-refractivity contribution in [2.75, 3.05) is 5.32 Å². The highest BCUT2D eigenvalue weighted by Gasteiger charge is 2.21. The van der Waals surface area contributed by atoms with E-state index in [0.29, 0.717) is 17.1 Å². The van der Waals surface area contributed by atoms with Crippen LogP contribution >= 0.6 is 12.2 Å². The zero-order chi connectivity index (χ0) is 14.5. The third-order valence-electron chi connectivity index (χ3n) is 3.38. The zero-order valence-electron chi connectivity index (χ0n) is 12.1. The van der Waals surface area contributed by atoms with Gasteiger partial charge in [-0.25, -0.2) is 0 Å². The largest absolute Gasteiger partial charge is 0.369 e. The lowest BCUT2D eigenvalue weighted by Crippen LogP contribution is -2.29. The molecule has 1 aromatic rings. The summed E-state index contributed by atoms with van der Waals surface area (Å²) in [6.45, 7) is 4.26. The second-order valence-electron chi connectivity index (χ2n) is 5.00. The van der Waals surface area contributed by atoms with Crippen LogP contribution in [0.4, 0.5) is 5.69 Å². The number of nitrogens with two attached hydrogens (primary N) is 1. The monoisotopic (exact) mass is 290 g/mol. The summed E-state index contributed by atoms with van der Waals surface area (Å²) in [4.78, 5) is 4.21. The molecule has 0 unspecified atom stereocenters. The first-order valence-electron chi connectivity index (χ1n) is 7.16. The molecular weight excluding hydrogens is 268 g/mol. The Kier molecular flexibility index (Phi) is 4.95. The van der Waals surface area contributed by atoms with Crippen LogP contribution in [0, 0.1) is 0 Å². The molecule has 1 saturated carbocycles. The number of hydrogen-bond donors (Lipinski definition) is 3. The van der Waals surface area contributed by atoms with E-state index < -0.39 is 0 Å². The van der Waals surface area contributed by atoms with Crippen LogP contribution in [0.25, 0.3) is 0 Å². The molecule has 0 spiro atoms. The van der Waals surface area contributed by atoms with Gasteiger partial charge in [0.15, 0.2) is 5.11 Å². The number of hydrogen-bond acceptors (Lipinski definition) is 1. The summed E-state index contributed by atoms with van der Waals surface area (Å²) in [7, 11) is 0. The van der Waals surface area contributed by atoms with E-state index in [1.807, 2.05) is 0 Å². The number of aliphatic imine (C=N–C) groups is 1. The summed E-state index contributed by atoms with van der Waals surface area (Å²) in [6.07, 6.45) is 4.24. The molecule has 0 heterocycles. The van der Waals surface area contributed by atoms with Crippen molar-refractivity contribution in [2.45, 2.75) is 45.6 Å². The van der Waals surface area contributed by atoms with Gasteiger partial charge in [0.05, 0.1) is 0 Å². The van der Waals surface area contributed by atoms with Crippen LogP contribution in [0.2, 0.25) is 0 Å². The topological polar surface area (TPSA) is 62.4 Å². The number of aryl methyl sites for hydroxylation is 2. The molecule has 108 valence electrons. The van der Waals surface area contributed by atoms with Crippen molar-refractivity contribution in [2.24, 2.45) is 10.7 Å². The average Bonchev–Trinajstić information content (AvgIpc) is 3.22. The molecule has 5 heteroatoms. The van der Waals surface area contributed by atoms with Gasteiger partial charge in [0, 0.05) is 11.7 Å². The molecule has 0 aromatic heterocycles. The highest BCUT2D eigenvalue weighted by molar-refractivity contribution is 7.80. The molecule has 0 saturated heterocycles. The number of rotatable bonds is 4. The Labute approximate surface area is 125 Å². The number of thiocarbonyl (C=S) groups is 1. The summed E-state index contributed by atoms with van der Waals surface area (Å²) < 4.78 is 0. The van der Waals surface area contributed by atoms with Gasteiger partial charge in [0.1, 0.15) is 0 Å². The minimum Gasteiger partial charge on any atom is -0.369 e. The third-order valence-corrected chi connectivity index (χ3v) is 3.59. The number of benzene rings is 1. The molecule has 0 atom stereocenters. The Bertz CT molecular complexity index is 498. The molecule has 1 aliphatic carbocycles. The van der Waals surface area contributed by atoms with Gasteiger partial charge in [-0.15, -0.1) is 0 Å².